The maximum atomic E-state index is 13.1. The van der Waals surface area contributed by atoms with Gasteiger partial charge < -0.3 is 10.0 Å². The second kappa shape index (κ2) is 10.8. The molecule has 4 aromatic rings. The highest BCUT2D eigenvalue weighted by molar-refractivity contribution is 7.90. The lowest BCUT2D eigenvalue weighted by Gasteiger charge is -2.35. The molecule has 5 rings (SSSR count). The molecular weight excluding hydrogens is 486 g/mol. The van der Waals surface area contributed by atoms with E-state index in [1.54, 1.807) is 48.7 Å². The molecule has 3 aromatic carbocycles. The van der Waals surface area contributed by atoms with E-state index in [4.69, 9.17) is 0 Å². The fourth-order valence-electron chi connectivity index (χ4n) is 4.74. The number of hydrogen-bond acceptors (Lipinski definition) is 6. The zero-order valence-electron chi connectivity index (χ0n) is 20.5. The lowest BCUT2D eigenvalue weighted by atomic mass is 10.1. The van der Waals surface area contributed by atoms with Crippen molar-refractivity contribution in [2.24, 2.45) is 0 Å². The summed E-state index contributed by atoms with van der Waals surface area (Å²) in [5.74, 6) is -0.206. The van der Waals surface area contributed by atoms with Gasteiger partial charge in [0, 0.05) is 49.9 Å². The minimum absolute atomic E-state index is 0.0290. The summed E-state index contributed by atoms with van der Waals surface area (Å²) in [5.41, 5.74) is 3.70. The summed E-state index contributed by atoms with van der Waals surface area (Å²) in [7, 11) is -3.61. The maximum absolute atomic E-state index is 13.1. The second-order valence-corrected chi connectivity index (χ2v) is 11.3. The van der Waals surface area contributed by atoms with Crippen molar-refractivity contribution < 1.29 is 18.3 Å². The molecule has 0 spiro atoms. The number of carbonyl (C=O) groups excluding carboxylic acids is 1. The van der Waals surface area contributed by atoms with Crippen LogP contribution in [0.15, 0.2) is 90.0 Å². The van der Waals surface area contributed by atoms with E-state index in [9.17, 15) is 18.3 Å². The van der Waals surface area contributed by atoms with Crippen LogP contribution in [0.2, 0.25) is 0 Å². The van der Waals surface area contributed by atoms with Gasteiger partial charge in [0.1, 0.15) is 0 Å². The van der Waals surface area contributed by atoms with Crippen molar-refractivity contribution in [2.75, 3.05) is 26.2 Å². The number of hydrogen-bond donors (Lipinski definition) is 1. The van der Waals surface area contributed by atoms with Crippen LogP contribution in [0.25, 0.3) is 10.9 Å². The third-order valence-electron chi connectivity index (χ3n) is 6.73. The average Bonchev–Trinajstić information content (AvgIpc) is 2.93. The van der Waals surface area contributed by atoms with Gasteiger partial charge in [0.05, 0.1) is 22.8 Å². The van der Waals surface area contributed by atoms with E-state index in [0.29, 0.717) is 29.7 Å². The van der Waals surface area contributed by atoms with E-state index in [0.717, 1.165) is 36.1 Å². The van der Waals surface area contributed by atoms with Crippen molar-refractivity contribution >= 4 is 26.6 Å². The van der Waals surface area contributed by atoms with Crippen molar-refractivity contribution in [1.29, 1.82) is 0 Å². The number of aliphatic hydroxyl groups is 1. The molecule has 1 N–H and O–H groups in total. The van der Waals surface area contributed by atoms with E-state index < -0.39 is 9.84 Å². The Morgan fingerprint density at radius 1 is 0.838 bits per heavy atom. The van der Waals surface area contributed by atoms with Crippen LogP contribution < -0.4 is 0 Å². The van der Waals surface area contributed by atoms with Crippen molar-refractivity contribution in [3.8, 4) is 0 Å². The van der Waals surface area contributed by atoms with E-state index in [2.05, 4.69) is 16.0 Å². The summed E-state index contributed by atoms with van der Waals surface area (Å²) >= 11 is 0. The third kappa shape index (κ3) is 5.72. The Kier molecular flexibility index (Phi) is 7.32. The largest absolute Gasteiger partial charge is 0.392 e. The van der Waals surface area contributed by atoms with Gasteiger partial charge in [-0.15, -0.1) is 0 Å². The molecule has 1 aliphatic heterocycles. The highest BCUT2D eigenvalue weighted by Crippen LogP contribution is 2.24. The third-order valence-corrected chi connectivity index (χ3v) is 8.44. The van der Waals surface area contributed by atoms with Crippen molar-refractivity contribution in [2.45, 2.75) is 23.8 Å². The standard InChI is InChI=1S/C29H29N3O4S/c33-20-24-5-1-4-23(18-24)19-31-14-16-32(17-15-31)29(34)26-11-9-22(10-12-26)21-37(35,36)27-8-2-6-25-7-3-13-30-28(25)27/h1-13,18,33H,14-17,19-21H2. The Morgan fingerprint density at radius 2 is 1.54 bits per heavy atom. The molecule has 190 valence electrons. The average molecular weight is 516 g/mol. The summed E-state index contributed by atoms with van der Waals surface area (Å²) in [6.45, 7) is 3.60. The zero-order chi connectivity index (χ0) is 25.8. The Morgan fingerprint density at radius 3 is 2.30 bits per heavy atom. The molecule has 1 fully saturated rings. The van der Waals surface area contributed by atoms with Gasteiger partial charge in [0.15, 0.2) is 9.84 Å². The van der Waals surface area contributed by atoms with Gasteiger partial charge in [-0.1, -0.05) is 54.6 Å². The van der Waals surface area contributed by atoms with E-state index in [1.165, 1.54) is 0 Å². The molecule has 2 heterocycles. The molecule has 1 aromatic heterocycles. The van der Waals surface area contributed by atoms with Gasteiger partial charge in [0.25, 0.3) is 5.91 Å². The highest BCUT2D eigenvalue weighted by Gasteiger charge is 2.23. The number of para-hydroxylation sites is 1. The summed E-state index contributed by atoms with van der Waals surface area (Å²) in [6.07, 6.45) is 1.59. The van der Waals surface area contributed by atoms with Crippen LogP contribution in [0.3, 0.4) is 0 Å². The Balaban J connectivity index is 1.20. The Bertz CT molecular complexity index is 1510. The molecule has 1 aliphatic rings. The van der Waals surface area contributed by atoms with Crippen LogP contribution in [-0.2, 0) is 28.7 Å². The van der Waals surface area contributed by atoms with Gasteiger partial charge in [0.2, 0.25) is 0 Å². The monoisotopic (exact) mass is 515 g/mol. The van der Waals surface area contributed by atoms with Crippen molar-refractivity contribution in [1.82, 2.24) is 14.8 Å². The minimum atomic E-state index is -3.61. The van der Waals surface area contributed by atoms with Gasteiger partial charge in [-0.2, -0.15) is 0 Å². The number of carbonyl (C=O) groups is 1. The number of nitrogens with zero attached hydrogens (tertiary/aromatic N) is 3. The number of sulfone groups is 1. The summed E-state index contributed by atoms with van der Waals surface area (Å²) in [6, 6.07) is 23.6. The quantitative estimate of drug-likeness (QED) is 0.404. The number of rotatable bonds is 7. The van der Waals surface area contributed by atoms with Gasteiger partial charge in [-0.3, -0.25) is 14.7 Å². The molecule has 1 saturated heterocycles. The number of aliphatic hydroxyl groups excluding tert-OH is 1. The predicted octanol–water partition coefficient (Wildman–Crippen LogP) is 3.66. The number of amides is 1. The van der Waals surface area contributed by atoms with E-state index >= 15 is 0 Å². The molecule has 0 aliphatic carbocycles. The first-order chi connectivity index (χ1) is 17.9. The second-order valence-electron chi connectivity index (χ2n) is 9.33. The first-order valence-corrected chi connectivity index (χ1v) is 13.9. The number of aromatic nitrogens is 1. The molecule has 0 atom stereocenters. The topological polar surface area (TPSA) is 90.8 Å². The highest BCUT2D eigenvalue weighted by atomic mass is 32.2. The number of pyridine rings is 1. The minimum Gasteiger partial charge on any atom is -0.392 e. The summed E-state index contributed by atoms with van der Waals surface area (Å²) < 4.78 is 26.3. The summed E-state index contributed by atoms with van der Waals surface area (Å²) in [5, 5.41) is 10.1. The zero-order valence-corrected chi connectivity index (χ0v) is 21.3. The van der Waals surface area contributed by atoms with Crippen LogP contribution in [0.4, 0.5) is 0 Å². The Hall–Kier alpha value is -3.59. The van der Waals surface area contributed by atoms with E-state index in [-0.39, 0.29) is 23.2 Å². The number of piperazine rings is 1. The van der Waals surface area contributed by atoms with Crippen LogP contribution in [0.5, 0.6) is 0 Å². The van der Waals surface area contributed by atoms with Crippen molar-refractivity contribution in [3.63, 3.8) is 0 Å². The lowest BCUT2D eigenvalue weighted by Crippen LogP contribution is -2.48. The van der Waals surface area contributed by atoms with Crippen LogP contribution in [0.1, 0.15) is 27.0 Å². The molecular formula is C29H29N3O4S. The predicted molar refractivity (Wildman–Crippen MR) is 143 cm³/mol. The fourth-order valence-corrected chi connectivity index (χ4v) is 6.28. The molecule has 0 saturated carbocycles. The van der Waals surface area contributed by atoms with Crippen LogP contribution in [0, 0.1) is 0 Å². The summed E-state index contributed by atoms with van der Waals surface area (Å²) in [4.78, 5) is 21.7. The van der Waals surface area contributed by atoms with Gasteiger partial charge in [-0.05, 0) is 41.0 Å². The smallest absolute Gasteiger partial charge is 0.253 e. The molecule has 37 heavy (non-hydrogen) atoms. The fraction of sp³-hybridized carbons (Fsp3) is 0.241. The molecule has 0 radical (unpaired) electrons. The first kappa shape index (κ1) is 25.1. The van der Waals surface area contributed by atoms with E-state index in [1.807, 2.05) is 35.2 Å². The SMILES string of the molecule is O=C(c1ccc(CS(=O)(=O)c2cccc3cccnc23)cc1)N1CCN(Cc2cccc(CO)c2)CC1. The maximum Gasteiger partial charge on any atom is 0.253 e. The molecule has 0 unspecified atom stereocenters. The van der Waals surface area contributed by atoms with Crippen molar-refractivity contribution in [3.05, 3.63) is 107 Å². The molecule has 0 bridgehead atoms. The van der Waals surface area contributed by atoms with Gasteiger partial charge in [-0.25, -0.2) is 8.42 Å². The number of fused-ring (bicyclic) bond motifs is 1. The van der Waals surface area contributed by atoms with Crippen LogP contribution in [-0.4, -0.2) is 60.4 Å². The normalized spacial score (nSPS) is 14.7. The van der Waals surface area contributed by atoms with Gasteiger partial charge >= 0.3 is 0 Å². The molecule has 8 heteroatoms. The first-order valence-electron chi connectivity index (χ1n) is 12.3. The Labute approximate surface area is 216 Å². The number of benzene rings is 3. The molecule has 7 nitrogen and oxygen atoms in total. The van der Waals surface area contributed by atoms with Crippen LogP contribution >= 0.6 is 0 Å². The lowest BCUT2D eigenvalue weighted by molar-refractivity contribution is 0.0628. The molecule has 1 amide bonds.